The van der Waals surface area contributed by atoms with E-state index in [0.717, 1.165) is 72.5 Å². The molecule has 0 spiro atoms. The molecule has 0 bridgehead atoms. The maximum absolute atomic E-state index is 13.4. The molecule has 174 valence electrons. The molecule has 1 aliphatic heterocycles. The lowest BCUT2D eigenvalue weighted by atomic mass is 9.96. The van der Waals surface area contributed by atoms with E-state index in [1.165, 1.54) is 0 Å². The van der Waals surface area contributed by atoms with Gasteiger partial charge in [0.1, 0.15) is 17.2 Å². The molecule has 0 saturated heterocycles. The minimum Gasteiger partial charge on any atom is -0.497 e. The van der Waals surface area contributed by atoms with Crippen molar-refractivity contribution in [1.29, 1.82) is 0 Å². The number of nitrogens with zero attached hydrogens (tertiary/aromatic N) is 2. The van der Waals surface area contributed by atoms with Crippen molar-refractivity contribution in [3.05, 3.63) is 65.4 Å². The molecule has 0 fully saturated rings. The number of carbonyl (C=O) groups excluding carboxylic acids is 1. The Kier molecular flexibility index (Phi) is 7.33. The average Bonchev–Trinajstić information content (AvgIpc) is 3.39. The molecule has 6 nitrogen and oxygen atoms in total. The highest BCUT2D eigenvalue weighted by Crippen LogP contribution is 2.43. The predicted octanol–water partition coefficient (Wildman–Crippen LogP) is 6.00. The number of amides is 1. The summed E-state index contributed by atoms with van der Waals surface area (Å²) in [6.45, 7) is 5.76. The summed E-state index contributed by atoms with van der Waals surface area (Å²) in [4.78, 5) is 15.4. The van der Waals surface area contributed by atoms with Crippen LogP contribution in [0.15, 0.2) is 48.5 Å². The average molecular weight is 448 g/mol. The van der Waals surface area contributed by atoms with E-state index in [-0.39, 0.29) is 11.9 Å². The van der Waals surface area contributed by atoms with E-state index in [0.29, 0.717) is 12.3 Å². The van der Waals surface area contributed by atoms with Crippen molar-refractivity contribution in [1.82, 2.24) is 15.1 Å². The number of hydrogen-bond donors (Lipinski definition) is 1. The van der Waals surface area contributed by atoms with Gasteiger partial charge in [0.25, 0.3) is 5.91 Å². The number of H-pyrrole nitrogens is 1. The highest BCUT2D eigenvalue weighted by Gasteiger charge is 2.41. The summed E-state index contributed by atoms with van der Waals surface area (Å²) in [7, 11) is 1.65. The minimum absolute atomic E-state index is 0.0154. The molecule has 2 aromatic carbocycles. The van der Waals surface area contributed by atoms with Gasteiger partial charge < -0.3 is 14.4 Å². The number of benzene rings is 2. The number of aromatic nitrogens is 2. The molecular weight excluding hydrogens is 414 g/mol. The number of unbranched alkanes of at least 4 members (excludes halogenated alkanes) is 3. The second-order valence-electron chi connectivity index (χ2n) is 8.47. The summed E-state index contributed by atoms with van der Waals surface area (Å²) < 4.78 is 11.2. The van der Waals surface area contributed by atoms with Crippen molar-refractivity contribution in [2.45, 2.75) is 52.0 Å². The summed E-state index contributed by atoms with van der Waals surface area (Å²) >= 11 is 0. The molecule has 3 aromatic rings. The molecule has 1 aliphatic rings. The lowest BCUT2D eigenvalue weighted by Crippen LogP contribution is -2.30. The van der Waals surface area contributed by atoms with E-state index >= 15 is 0 Å². The van der Waals surface area contributed by atoms with Gasteiger partial charge in [-0.3, -0.25) is 9.89 Å². The van der Waals surface area contributed by atoms with Crippen molar-refractivity contribution in [2.75, 3.05) is 20.3 Å². The van der Waals surface area contributed by atoms with Gasteiger partial charge in [-0.1, -0.05) is 45.2 Å². The molecule has 0 saturated carbocycles. The fourth-order valence-corrected chi connectivity index (χ4v) is 4.36. The molecule has 4 rings (SSSR count). The Hall–Kier alpha value is -3.28. The molecule has 1 aromatic heterocycles. The number of aromatic amines is 1. The first-order chi connectivity index (χ1) is 16.2. The third kappa shape index (κ3) is 4.75. The van der Waals surface area contributed by atoms with Crippen LogP contribution in [0.1, 0.15) is 73.6 Å². The van der Waals surface area contributed by atoms with Gasteiger partial charge in [0, 0.05) is 17.7 Å². The molecule has 1 unspecified atom stereocenters. The Morgan fingerprint density at radius 1 is 0.939 bits per heavy atom. The first kappa shape index (κ1) is 22.9. The van der Waals surface area contributed by atoms with Crippen LogP contribution in [0, 0.1) is 0 Å². The summed E-state index contributed by atoms with van der Waals surface area (Å²) in [5.41, 5.74) is 4.37. The zero-order chi connectivity index (χ0) is 23.2. The van der Waals surface area contributed by atoms with Gasteiger partial charge in [0.15, 0.2) is 0 Å². The summed E-state index contributed by atoms with van der Waals surface area (Å²) in [6.07, 6.45) is 5.32. The number of fused-ring (bicyclic) bond motifs is 1. The van der Waals surface area contributed by atoms with Crippen LogP contribution in [0.5, 0.6) is 11.5 Å². The summed E-state index contributed by atoms with van der Waals surface area (Å²) in [6, 6.07) is 15.8. The maximum Gasteiger partial charge on any atom is 0.273 e. The third-order valence-electron chi connectivity index (χ3n) is 6.19. The summed E-state index contributed by atoms with van der Waals surface area (Å²) in [5, 5.41) is 7.58. The lowest BCUT2D eigenvalue weighted by Gasteiger charge is -2.26. The SMILES string of the molecule is CCCCCN1C(=O)c2[nH]nc(-c3ccc(OC)cc3)c2C1c1ccc(OCCCC)cc1. The van der Waals surface area contributed by atoms with Gasteiger partial charge in [-0.25, -0.2) is 0 Å². The lowest BCUT2D eigenvalue weighted by molar-refractivity contribution is 0.0740. The van der Waals surface area contributed by atoms with E-state index in [1.54, 1.807) is 7.11 Å². The third-order valence-corrected chi connectivity index (χ3v) is 6.19. The van der Waals surface area contributed by atoms with Crippen LogP contribution in [-0.2, 0) is 0 Å². The van der Waals surface area contributed by atoms with Gasteiger partial charge >= 0.3 is 0 Å². The molecule has 0 radical (unpaired) electrons. The van der Waals surface area contributed by atoms with Gasteiger partial charge in [0.2, 0.25) is 0 Å². The molecule has 6 heteroatoms. The predicted molar refractivity (Wildman–Crippen MR) is 130 cm³/mol. The number of hydrogen-bond acceptors (Lipinski definition) is 4. The molecule has 0 aliphatic carbocycles. The number of rotatable bonds is 11. The highest BCUT2D eigenvalue weighted by molar-refractivity contribution is 6.00. The van der Waals surface area contributed by atoms with Crippen molar-refractivity contribution in [3.8, 4) is 22.8 Å². The van der Waals surface area contributed by atoms with E-state index in [1.807, 2.05) is 41.3 Å². The quantitative estimate of drug-likeness (QED) is 0.366. The number of methoxy groups -OCH3 is 1. The van der Waals surface area contributed by atoms with E-state index in [4.69, 9.17) is 9.47 Å². The van der Waals surface area contributed by atoms with Crippen LogP contribution < -0.4 is 9.47 Å². The van der Waals surface area contributed by atoms with Gasteiger partial charge in [0.05, 0.1) is 25.5 Å². The topological polar surface area (TPSA) is 67.5 Å². The largest absolute Gasteiger partial charge is 0.497 e. The zero-order valence-electron chi connectivity index (χ0n) is 19.8. The van der Waals surface area contributed by atoms with Crippen molar-refractivity contribution >= 4 is 5.91 Å². The minimum atomic E-state index is -0.176. The Morgan fingerprint density at radius 2 is 1.64 bits per heavy atom. The zero-order valence-corrected chi connectivity index (χ0v) is 19.8. The van der Waals surface area contributed by atoms with Gasteiger partial charge in [-0.2, -0.15) is 5.10 Å². The molecule has 1 amide bonds. The first-order valence-electron chi connectivity index (χ1n) is 11.9. The Morgan fingerprint density at radius 3 is 2.30 bits per heavy atom. The van der Waals surface area contributed by atoms with Crippen LogP contribution in [0.3, 0.4) is 0 Å². The van der Waals surface area contributed by atoms with Crippen LogP contribution >= 0.6 is 0 Å². The van der Waals surface area contributed by atoms with E-state index in [2.05, 4.69) is 36.2 Å². The maximum atomic E-state index is 13.4. The van der Waals surface area contributed by atoms with Crippen LogP contribution in [0.4, 0.5) is 0 Å². The Bertz CT molecular complexity index is 1060. The van der Waals surface area contributed by atoms with Gasteiger partial charge in [-0.05, 0) is 54.8 Å². The fourth-order valence-electron chi connectivity index (χ4n) is 4.36. The molecule has 1 atom stereocenters. The highest BCUT2D eigenvalue weighted by atomic mass is 16.5. The Labute approximate surface area is 195 Å². The van der Waals surface area contributed by atoms with E-state index in [9.17, 15) is 4.79 Å². The molecule has 2 heterocycles. The second-order valence-corrected chi connectivity index (χ2v) is 8.47. The fraction of sp³-hybridized carbons (Fsp3) is 0.407. The standard InChI is InChI=1S/C27H33N3O3/c1-4-6-8-17-30-26(20-11-15-22(16-12-20)33-18-7-5-2)23-24(28-29-25(23)27(30)31)19-9-13-21(32-3)14-10-19/h9-16,26H,4-8,17-18H2,1-3H3,(H,28,29). The normalized spacial score (nSPS) is 15.1. The second kappa shape index (κ2) is 10.6. The first-order valence-corrected chi connectivity index (χ1v) is 11.9. The van der Waals surface area contributed by atoms with Crippen molar-refractivity contribution in [3.63, 3.8) is 0 Å². The van der Waals surface area contributed by atoms with E-state index < -0.39 is 0 Å². The van der Waals surface area contributed by atoms with Crippen LogP contribution in [0.25, 0.3) is 11.3 Å². The molecular formula is C27H33N3O3. The van der Waals surface area contributed by atoms with Gasteiger partial charge in [-0.15, -0.1) is 0 Å². The smallest absolute Gasteiger partial charge is 0.273 e. The number of nitrogens with one attached hydrogen (secondary N) is 1. The Balaban J connectivity index is 1.70. The molecule has 1 N–H and O–H groups in total. The van der Waals surface area contributed by atoms with Crippen LogP contribution in [-0.4, -0.2) is 41.3 Å². The number of carbonyl (C=O) groups is 1. The monoisotopic (exact) mass is 447 g/mol. The van der Waals surface area contributed by atoms with Crippen molar-refractivity contribution < 1.29 is 14.3 Å². The summed E-state index contributed by atoms with van der Waals surface area (Å²) in [5.74, 6) is 1.66. The number of ether oxygens (including phenoxy) is 2. The molecule has 33 heavy (non-hydrogen) atoms. The van der Waals surface area contributed by atoms with Crippen LogP contribution in [0.2, 0.25) is 0 Å². The van der Waals surface area contributed by atoms with Crippen molar-refractivity contribution in [2.24, 2.45) is 0 Å².